The molecule has 0 spiro atoms. The zero-order valence-electron chi connectivity index (χ0n) is 17.8. The number of carboxylic acid groups (broad SMARTS) is 1. The maximum Gasteiger partial charge on any atom is 0.407 e. The number of carbonyl (C=O) groups is 3. The molecule has 1 aliphatic carbocycles. The molecule has 1 atom stereocenters. The highest BCUT2D eigenvalue weighted by atomic mass is 16.5. The van der Waals surface area contributed by atoms with Crippen molar-refractivity contribution >= 4 is 18.0 Å². The monoisotopic (exact) mass is 424 g/mol. The van der Waals surface area contributed by atoms with Crippen molar-refractivity contribution in [2.45, 2.75) is 25.7 Å². The van der Waals surface area contributed by atoms with E-state index in [0.717, 1.165) is 11.1 Å². The fourth-order valence-electron chi connectivity index (χ4n) is 3.86. The summed E-state index contributed by atoms with van der Waals surface area (Å²) in [5, 5.41) is 11.6. The highest BCUT2D eigenvalue weighted by molar-refractivity contribution is 5.79. The Morgan fingerprint density at radius 2 is 1.65 bits per heavy atom. The third-order valence-electron chi connectivity index (χ3n) is 5.58. The lowest BCUT2D eigenvalue weighted by Crippen LogP contribution is -2.34. The minimum Gasteiger partial charge on any atom is -0.481 e. The first-order valence-electron chi connectivity index (χ1n) is 10.4. The Morgan fingerprint density at radius 3 is 2.23 bits per heavy atom. The number of carboxylic acids is 1. The maximum absolute atomic E-state index is 12.1. The van der Waals surface area contributed by atoms with E-state index >= 15 is 0 Å². The lowest BCUT2D eigenvalue weighted by molar-refractivity contribution is -0.142. The predicted molar refractivity (Wildman–Crippen MR) is 117 cm³/mol. The van der Waals surface area contributed by atoms with Crippen LogP contribution in [-0.4, -0.2) is 54.7 Å². The van der Waals surface area contributed by atoms with Gasteiger partial charge in [0.1, 0.15) is 6.61 Å². The summed E-state index contributed by atoms with van der Waals surface area (Å²) >= 11 is 0. The average Bonchev–Trinajstić information content (AvgIpc) is 3.08. The SMILES string of the molecule is CC(CN(C)C(=O)CCCNC(=O)OCC1c2ccccc2-c2ccccc21)C(=O)O. The van der Waals surface area contributed by atoms with Crippen molar-refractivity contribution in [2.75, 3.05) is 26.7 Å². The van der Waals surface area contributed by atoms with Crippen molar-refractivity contribution in [1.82, 2.24) is 10.2 Å². The molecule has 1 aliphatic rings. The van der Waals surface area contributed by atoms with E-state index < -0.39 is 18.0 Å². The van der Waals surface area contributed by atoms with Gasteiger partial charge in [0.05, 0.1) is 5.92 Å². The fraction of sp³-hybridized carbons (Fsp3) is 0.375. The Hall–Kier alpha value is -3.35. The van der Waals surface area contributed by atoms with Crippen LogP contribution in [0.2, 0.25) is 0 Å². The van der Waals surface area contributed by atoms with Gasteiger partial charge in [-0.3, -0.25) is 9.59 Å². The number of nitrogens with zero attached hydrogens (tertiary/aromatic N) is 1. The Labute approximate surface area is 182 Å². The standard InChI is InChI=1S/C24H28N2O5/c1-16(23(28)29)14-26(2)22(27)12-7-13-25-24(30)31-15-21-19-10-5-3-8-17(19)18-9-4-6-11-20(18)21/h3-6,8-11,16,21H,7,12-15H2,1-2H3,(H,25,30)(H,28,29). The van der Waals surface area contributed by atoms with Gasteiger partial charge in [0.25, 0.3) is 0 Å². The number of ether oxygens (including phenoxy) is 1. The smallest absolute Gasteiger partial charge is 0.407 e. The van der Waals surface area contributed by atoms with Crippen molar-refractivity contribution in [2.24, 2.45) is 5.92 Å². The maximum atomic E-state index is 12.1. The van der Waals surface area contributed by atoms with Crippen LogP contribution >= 0.6 is 0 Å². The number of hydrogen-bond donors (Lipinski definition) is 2. The summed E-state index contributed by atoms with van der Waals surface area (Å²) < 4.78 is 5.46. The summed E-state index contributed by atoms with van der Waals surface area (Å²) in [5.41, 5.74) is 4.65. The highest BCUT2D eigenvalue weighted by Crippen LogP contribution is 2.44. The van der Waals surface area contributed by atoms with Crippen LogP contribution in [0.1, 0.15) is 36.8 Å². The van der Waals surface area contributed by atoms with E-state index in [4.69, 9.17) is 9.84 Å². The second-order valence-corrected chi connectivity index (χ2v) is 7.87. The topological polar surface area (TPSA) is 95.9 Å². The molecule has 0 radical (unpaired) electrons. The van der Waals surface area contributed by atoms with E-state index in [-0.39, 0.29) is 31.4 Å². The van der Waals surface area contributed by atoms with E-state index in [1.807, 2.05) is 24.3 Å². The number of nitrogens with one attached hydrogen (secondary N) is 1. The summed E-state index contributed by atoms with van der Waals surface area (Å²) in [6, 6.07) is 16.3. The number of aliphatic carboxylic acids is 1. The van der Waals surface area contributed by atoms with Crippen molar-refractivity contribution in [3.05, 3.63) is 59.7 Å². The Balaban J connectivity index is 1.42. The molecule has 0 heterocycles. The quantitative estimate of drug-likeness (QED) is 0.601. The van der Waals surface area contributed by atoms with Crippen molar-refractivity contribution in [1.29, 1.82) is 0 Å². The predicted octanol–water partition coefficient (Wildman–Crippen LogP) is 3.48. The molecular formula is C24H28N2O5. The summed E-state index contributed by atoms with van der Waals surface area (Å²) in [5.74, 6) is -1.70. The summed E-state index contributed by atoms with van der Waals surface area (Å²) in [6.45, 7) is 2.28. The van der Waals surface area contributed by atoms with Gasteiger partial charge in [-0.05, 0) is 28.7 Å². The highest BCUT2D eigenvalue weighted by Gasteiger charge is 2.29. The van der Waals surface area contributed by atoms with Gasteiger partial charge in [-0.1, -0.05) is 55.5 Å². The van der Waals surface area contributed by atoms with Crippen LogP contribution in [0.5, 0.6) is 0 Å². The number of rotatable bonds is 9. The molecule has 2 amide bonds. The second-order valence-electron chi connectivity index (χ2n) is 7.87. The molecule has 31 heavy (non-hydrogen) atoms. The Morgan fingerprint density at radius 1 is 1.06 bits per heavy atom. The number of carbonyl (C=O) groups excluding carboxylic acids is 2. The number of alkyl carbamates (subject to hydrolysis) is 1. The van der Waals surface area contributed by atoms with E-state index in [1.165, 1.54) is 16.0 Å². The molecule has 3 rings (SSSR count). The van der Waals surface area contributed by atoms with Crippen LogP contribution < -0.4 is 5.32 Å². The lowest BCUT2D eigenvalue weighted by Gasteiger charge is -2.19. The molecule has 1 unspecified atom stereocenters. The second kappa shape index (κ2) is 10.1. The van der Waals surface area contributed by atoms with Crippen molar-refractivity contribution < 1.29 is 24.2 Å². The molecule has 0 saturated carbocycles. The molecule has 0 bridgehead atoms. The van der Waals surface area contributed by atoms with Gasteiger partial charge in [-0.25, -0.2) is 4.79 Å². The first-order chi connectivity index (χ1) is 14.9. The minimum absolute atomic E-state index is 0.00426. The Kier molecular flexibility index (Phi) is 7.28. The molecule has 0 aliphatic heterocycles. The van der Waals surface area contributed by atoms with E-state index in [2.05, 4.69) is 29.6 Å². The van der Waals surface area contributed by atoms with Crippen LogP contribution in [-0.2, 0) is 14.3 Å². The van der Waals surface area contributed by atoms with E-state index in [1.54, 1.807) is 14.0 Å². The molecule has 164 valence electrons. The number of benzene rings is 2. The van der Waals surface area contributed by atoms with Gasteiger partial charge in [-0.15, -0.1) is 0 Å². The zero-order valence-corrected chi connectivity index (χ0v) is 17.8. The first-order valence-corrected chi connectivity index (χ1v) is 10.4. The van der Waals surface area contributed by atoms with Crippen molar-refractivity contribution in [3.63, 3.8) is 0 Å². The van der Waals surface area contributed by atoms with E-state index in [0.29, 0.717) is 13.0 Å². The molecule has 0 saturated heterocycles. The molecule has 0 fully saturated rings. The number of fused-ring (bicyclic) bond motifs is 3. The van der Waals surface area contributed by atoms with Gasteiger partial charge in [0, 0.05) is 32.5 Å². The minimum atomic E-state index is -0.934. The van der Waals surface area contributed by atoms with Crippen LogP contribution in [0.25, 0.3) is 11.1 Å². The van der Waals surface area contributed by atoms with Gasteiger partial charge in [0.2, 0.25) is 5.91 Å². The Bertz CT molecular complexity index is 913. The van der Waals surface area contributed by atoms with Crippen LogP contribution in [0.3, 0.4) is 0 Å². The normalized spacial score (nSPS) is 13.1. The summed E-state index contributed by atoms with van der Waals surface area (Å²) in [6.07, 6.45) is 0.170. The molecule has 2 aromatic carbocycles. The third-order valence-corrected chi connectivity index (χ3v) is 5.58. The number of amides is 2. The number of hydrogen-bond acceptors (Lipinski definition) is 4. The molecule has 7 nitrogen and oxygen atoms in total. The van der Waals surface area contributed by atoms with Crippen LogP contribution in [0.15, 0.2) is 48.5 Å². The third kappa shape index (κ3) is 5.42. The van der Waals surface area contributed by atoms with Gasteiger partial charge >= 0.3 is 12.1 Å². The molecule has 0 aromatic heterocycles. The summed E-state index contributed by atoms with van der Waals surface area (Å²) in [4.78, 5) is 36.5. The average molecular weight is 424 g/mol. The van der Waals surface area contributed by atoms with Gasteiger partial charge < -0.3 is 20.1 Å². The van der Waals surface area contributed by atoms with Gasteiger partial charge in [-0.2, -0.15) is 0 Å². The molecular weight excluding hydrogens is 396 g/mol. The van der Waals surface area contributed by atoms with Crippen LogP contribution in [0, 0.1) is 5.92 Å². The first kappa shape index (κ1) is 22.3. The molecule has 7 heteroatoms. The van der Waals surface area contributed by atoms with Gasteiger partial charge in [0.15, 0.2) is 0 Å². The fourth-order valence-corrected chi connectivity index (χ4v) is 3.86. The summed E-state index contributed by atoms with van der Waals surface area (Å²) in [7, 11) is 1.58. The van der Waals surface area contributed by atoms with Crippen LogP contribution in [0.4, 0.5) is 4.79 Å². The lowest BCUT2D eigenvalue weighted by atomic mass is 9.98. The molecule has 2 aromatic rings. The molecule has 2 N–H and O–H groups in total. The zero-order chi connectivity index (χ0) is 22.4. The van der Waals surface area contributed by atoms with E-state index in [9.17, 15) is 14.4 Å². The largest absolute Gasteiger partial charge is 0.481 e. The van der Waals surface area contributed by atoms with Crippen molar-refractivity contribution in [3.8, 4) is 11.1 Å².